The van der Waals surface area contributed by atoms with Gasteiger partial charge in [0.1, 0.15) is 11.8 Å². The Bertz CT molecular complexity index is 1490. The number of aromatic nitrogens is 2. The third-order valence-electron chi connectivity index (χ3n) is 5.75. The van der Waals surface area contributed by atoms with Crippen molar-refractivity contribution in [1.82, 2.24) is 19.6 Å². The zero-order valence-electron chi connectivity index (χ0n) is 20.9. The summed E-state index contributed by atoms with van der Waals surface area (Å²) in [5.41, 5.74) is 2.36. The summed E-state index contributed by atoms with van der Waals surface area (Å²) in [5.74, 6) is -1.39. The molecule has 0 aliphatic heterocycles. The smallest absolute Gasteiger partial charge is 0.323 e. The van der Waals surface area contributed by atoms with Crippen molar-refractivity contribution in [3.63, 3.8) is 0 Å². The molecule has 3 aromatic carbocycles. The van der Waals surface area contributed by atoms with Crippen LogP contribution in [0.2, 0.25) is 0 Å². The number of rotatable bonds is 13. The van der Waals surface area contributed by atoms with E-state index in [0.29, 0.717) is 18.8 Å². The van der Waals surface area contributed by atoms with Gasteiger partial charge in [-0.15, -0.1) is 0 Å². The Kier molecular flexibility index (Phi) is 9.08. The van der Waals surface area contributed by atoms with Crippen LogP contribution in [0.3, 0.4) is 0 Å². The Morgan fingerprint density at radius 3 is 2.28 bits per heavy atom. The Balaban J connectivity index is 1.24. The van der Waals surface area contributed by atoms with Crippen LogP contribution >= 0.6 is 0 Å². The second-order valence-electron chi connectivity index (χ2n) is 8.68. The van der Waals surface area contributed by atoms with E-state index >= 15 is 0 Å². The maximum absolute atomic E-state index is 12.5. The number of sulfonamides is 1. The van der Waals surface area contributed by atoms with E-state index < -0.39 is 34.5 Å². The van der Waals surface area contributed by atoms with Crippen LogP contribution in [-0.4, -0.2) is 54.1 Å². The van der Waals surface area contributed by atoms with Crippen LogP contribution in [0.5, 0.6) is 5.75 Å². The highest BCUT2D eigenvalue weighted by molar-refractivity contribution is 7.89. The number of ether oxygens (including phenoxy) is 1. The number of carboxylic acids is 1. The number of benzene rings is 3. The minimum Gasteiger partial charge on any atom is -0.493 e. The van der Waals surface area contributed by atoms with Gasteiger partial charge in [0.05, 0.1) is 23.5 Å². The summed E-state index contributed by atoms with van der Waals surface area (Å²) >= 11 is 0. The Morgan fingerprint density at radius 2 is 1.62 bits per heavy atom. The lowest BCUT2D eigenvalue weighted by Crippen LogP contribution is -2.48. The highest BCUT2D eigenvalue weighted by atomic mass is 32.2. The molecule has 0 radical (unpaired) electrons. The third kappa shape index (κ3) is 8.00. The molecule has 0 aliphatic rings. The maximum atomic E-state index is 12.5. The van der Waals surface area contributed by atoms with Crippen molar-refractivity contribution in [3.05, 3.63) is 114 Å². The molecule has 0 bridgehead atoms. The van der Waals surface area contributed by atoms with E-state index in [-0.39, 0.29) is 10.5 Å². The van der Waals surface area contributed by atoms with Gasteiger partial charge in [-0.2, -0.15) is 4.72 Å². The molecule has 1 atom stereocenters. The predicted molar refractivity (Wildman–Crippen MR) is 144 cm³/mol. The first-order valence-corrected chi connectivity index (χ1v) is 13.6. The lowest BCUT2D eigenvalue weighted by Gasteiger charge is -2.16. The monoisotopic (exact) mass is 548 g/mol. The van der Waals surface area contributed by atoms with E-state index in [1.165, 1.54) is 29.8 Å². The largest absolute Gasteiger partial charge is 0.493 e. The van der Waals surface area contributed by atoms with Gasteiger partial charge in [0.25, 0.3) is 5.91 Å². The molecule has 4 aromatic rings. The number of aliphatic carboxylic acids is 1. The Hall–Kier alpha value is -4.48. The number of carboxylic acid groups (broad SMARTS) is 1. The molecule has 3 N–H and O–H groups in total. The van der Waals surface area contributed by atoms with Crippen LogP contribution in [0.1, 0.15) is 21.6 Å². The van der Waals surface area contributed by atoms with Gasteiger partial charge in [0, 0.05) is 31.3 Å². The maximum Gasteiger partial charge on any atom is 0.323 e. The SMILES string of the molecule is O=C(NC[C@H](NS(=O)(=O)c1ccccc1)C(=O)O)c1ccc(OCCc2cn(Cc3ccccc3)cn2)cc1. The summed E-state index contributed by atoms with van der Waals surface area (Å²) in [4.78, 5) is 28.4. The van der Waals surface area contributed by atoms with Crippen LogP contribution in [-0.2, 0) is 27.8 Å². The molecule has 0 saturated carbocycles. The molecule has 0 saturated heterocycles. The van der Waals surface area contributed by atoms with Gasteiger partial charge in [0.2, 0.25) is 10.0 Å². The molecular formula is C28H28N4O6S. The van der Waals surface area contributed by atoms with E-state index in [1.54, 1.807) is 36.7 Å². The van der Waals surface area contributed by atoms with E-state index in [9.17, 15) is 23.1 Å². The van der Waals surface area contributed by atoms with Gasteiger partial charge in [-0.25, -0.2) is 13.4 Å². The number of hydrogen-bond donors (Lipinski definition) is 3. The molecule has 1 heterocycles. The fourth-order valence-electron chi connectivity index (χ4n) is 3.72. The molecule has 4 rings (SSSR count). The number of nitrogens with one attached hydrogen (secondary N) is 2. The number of carbonyl (C=O) groups excluding carboxylic acids is 1. The molecule has 1 amide bonds. The minimum atomic E-state index is -4.07. The zero-order chi connectivity index (χ0) is 27.7. The summed E-state index contributed by atoms with van der Waals surface area (Å²) in [5, 5.41) is 11.9. The average Bonchev–Trinajstić information content (AvgIpc) is 3.39. The second-order valence-corrected chi connectivity index (χ2v) is 10.4. The fraction of sp³-hybridized carbons (Fsp3) is 0.179. The van der Waals surface area contributed by atoms with E-state index in [1.807, 2.05) is 29.0 Å². The standard InChI is InChI=1S/C28H28N4O6S/c33-27(29-17-26(28(34)35)31-39(36,37)25-9-5-2-6-10-25)22-11-13-24(14-12-22)38-16-15-23-19-32(20-30-23)18-21-7-3-1-4-8-21/h1-14,19-20,26,31H,15-18H2,(H,29,33)(H,34,35)/t26-/m0/s1. The van der Waals surface area contributed by atoms with Crippen LogP contribution in [0.15, 0.2) is 102 Å². The fourth-order valence-corrected chi connectivity index (χ4v) is 4.93. The number of hydrogen-bond acceptors (Lipinski definition) is 6. The molecule has 1 aromatic heterocycles. The van der Waals surface area contributed by atoms with E-state index in [2.05, 4.69) is 27.2 Å². The molecule has 0 spiro atoms. The van der Waals surface area contributed by atoms with Crippen molar-refractivity contribution in [2.75, 3.05) is 13.2 Å². The van der Waals surface area contributed by atoms with Gasteiger partial charge < -0.3 is 19.7 Å². The first-order chi connectivity index (χ1) is 18.8. The van der Waals surface area contributed by atoms with Crippen LogP contribution in [0.4, 0.5) is 0 Å². The number of amides is 1. The molecule has 11 heteroatoms. The zero-order valence-corrected chi connectivity index (χ0v) is 21.8. The molecule has 202 valence electrons. The highest BCUT2D eigenvalue weighted by Gasteiger charge is 2.26. The summed E-state index contributed by atoms with van der Waals surface area (Å²) in [6.07, 6.45) is 4.38. The Labute approximate surface area is 226 Å². The average molecular weight is 549 g/mol. The quantitative estimate of drug-likeness (QED) is 0.233. The summed E-state index contributed by atoms with van der Waals surface area (Å²) in [6.45, 7) is 0.704. The van der Waals surface area contributed by atoms with Crippen molar-refractivity contribution in [2.24, 2.45) is 0 Å². The van der Waals surface area contributed by atoms with Crippen LogP contribution in [0, 0.1) is 0 Å². The van der Waals surface area contributed by atoms with Gasteiger partial charge in [-0.3, -0.25) is 9.59 Å². The third-order valence-corrected chi connectivity index (χ3v) is 7.24. The molecule has 0 aliphatic carbocycles. The predicted octanol–water partition coefficient (Wildman–Crippen LogP) is 2.71. The lowest BCUT2D eigenvalue weighted by molar-refractivity contribution is -0.138. The highest BCUT2D eigenvalue weighted by Crippen LogP contribution is 2.13. The van der Waals surface area contributed by atoms with Crippen LogP contribution < -0.4 is 14.8 Å². The number of imidazole rings is 1. The summed E-state index contributed by atoms with van der Waals surface area (Å²) in [7, 11) is -4.07. The summed E-state index contributed by atoms with van der Waals surface area (Å²) in [6, 6.07) is 22.3. The van der Waals surface area contributed by atoms with Crippen molar-refractivity contribution in [1.29, 1.82) is 0 Å². The van der Waals surface area contributed by atoms with E-state index in [0.717, 1.165) is 12.2 Å². The molecule has 0 unspecified atom stereocenters. The van der Waals surface area contributed by atoms with Gasteiger partial charge in [-0.05, 0) is 42.0 Å². The first-order valence-electron chi connectivity index (χ1n) is 12.2. The second kappa shape index (κ2) is 12.9. The van der Waals surface area contributed by atoms with Crippen LogP contribution in [0.25, 0.3) is 0 Å². The lowest BCUT2D eigenvalue weighted by atomic mass is 10.2. The number of carbonyl (C=O) groups is 2. The topological polar surface area (TPSA) is 140 Å². The van der Waals surface area contributed by atoms with Crippen molar-refractivity contribution < 1.29 is 27.9 Å². The normalized spacial score (nSPS) is 12.0. The molecular weight excluding hydrogens is 520 g/mol. The van der Waals surface area contributed by atoms with Gasteiger partial charge in [0.15, 0.2) is 0 Å². The number of nitrogens with zero attached hydrogens (tertiary/aromatic N) is 2. The Morgan fingerprint density at radius 1 is 0.949 bits per heavy atom. The van der Waals surface area contributed by atoms with Gasteiger partial charge >= 0.3 is 5.97 Å². The van der Waals surface area contributed by atoms with Crippen molar-refractivity contribution in [3.8, 4) is 5.75 Å². The van der Waals surface area contributed by atoms with Crippen molar-refractivity contribution >= 4 is 21.9 Å². The first kappa shape index (κ1) is 27.6. The molecule has 0 fully saturated rings. The van der Waals surface area contributed by atoms with E-state index in [4.69, 9.17) is 4.74 Å². The van der Waals surface area contributed by atoms with Crippen molar-refractivity contribution in [2.45, 2.75) is 23.9 Å². The summed E-state index contributed by atoms with van der Waals surface area (Å²) < 4.78 is 34.8. The molecule has 39 heavy (non-hydrogen) atoms. The van der Waals surface area contributed by atoms with Gasteiger partial charge in [-0.1, -0.05) is 48.5 Å². The minimum absolute atomic E-state index is 0.0706. The molecule has 10 nitrogen and oxygen atoms in total.